The van der Waals surface area contributed by atoms with Gasteiger partial charge in [0.1, 0.15) is 23.3 Å². The number of anilines is 1. The second-order valence-corrected chi connectivity index (χ2v) is 9.88. The summed E-state index contributed by atoms with van der Waals surface area (Å²) in [5.74, 6) is 1.36. The zero-order valence-corrected chi connectivity index (χ0v) is 20.8. The van der Waals surface area contributed by atoms with Crippen molar-refractivity contribution >= 4 is 45.5 Å². The van der Waals surface area contributed by atoms with Crippen LogP contribution in [0.15, 0.2) is 47.1 Å². The summed E-state index contributed by atoms with van der Waals surface area (Å²) in [5.41, 5.74) is 3.27. The molecular formula is C25H24F3N5O3S. The number of halogens is 3. The number of pyridine rings is 1. The molecule has 0 radical (unpaired) electrons. The van der Waals surface area contributed by atoms with Crippen LogP contribution in [-0.4, -0.2) is 64.8 Å². The minimum absolute atomic E-state index is 0.265. The van der Waals surface area contributed by atoms with E-state index >= 15 is 0 Å². The minimum Gasteiger partial charge on any atom is -0.449 e. The Morgan fingerprint density at radius 1 is 1.03 bits per heavy atom. The zero-order chi connectivity index (χ0) is 26.0. The van der Waals surface area contributed by atoms with Crippen LogP contribution in [0.4, 0.5) is 23.7 Å². The van der Waals surface area contributed by atoms with Gasteiger partial charge in [-0.15, -0.1) is 0 Å². The number of amides is 1. The monoisotopic (exact) mass is 531 g/mol. The predicted molar refractivity (Wildman–Crippen MR) is 135 cm³/mol. The number of rotatable bonds is 6. The highest BCUT2D eigenvalue weighted by Crippen LogP contribution is 2.35. The summed E-state index contributed by atoms with van der Waals surface area (Å²) in [4.78, 5) is 19.8. The zero-order valence-electron chi connectivity index (χ0n) is 20.0. The Bertz CT molecular complexity index is 1420. The molecule has 0 spiro atoms. The number of thioether (sulfide) groups is 1. The topological polar surface area (TPSA) is 84.6 Å². The van der Waals surface area contributed by atoms with Gasteiger partial charge < -0.3 is 14.5 Å². The van der Waals surface area contributed by atoms with E-state index in [1.165, 1.54) is 0 Å². The van der Waals surface area contributed by atoms with Gasteiger partial charge in [0.25, 0.3) is 0 Å². The quantitative estimate of drug-likeness (QED) is 0.311. The van der Waals surface area contributed by atoms with E-state index < -0.39 is 18.0 Å². The number of piperazine rings is 1. The second kappa shape index (κ2) is 10.4. The maximum Gasteiger partial charge on any atom is 0.433 e. The third kappa shape index (κ3) is 5.74. The van der Waals surface area contributed by atoms with Crippen LogP contribution in [0.3, 0.4) is 0 Å². The number of benzene rings is 2. The summed E-state index contributed by atoms with van der Waals surface area (Å²) in [5, 5.41) is 8.28. The van der Waals surface area contributed by atoms with E-state index in [9.17, 15) is 18.0 Å². The van der Waals surface area contributed by atoms with E-state index in [2.05, 4.69) is 15.3 Å². The molecule has 1 saturated heterocycles. The summed E-state index contributed by atoms with van der Waals surface area (Å²) in [6.45, 7) is 3.66. The number of carbonyl (C=O) groups is 1. The van der Waals surface area contributed by atoms with E-state index in [0.29, 0.717) is 59.6 Å². The molecule has 1 fully saturated rings. The molecule has 5 rings (SSSR count). The third-order valence-corrected chi connectivity index (χ3v) is 7.14. The third-order valence-electron chi connectivity index (χ3n) is 6.15. The molecule has 1 aliphatic rings. The average Bonchev–Trinajstić information content (AvgIpc) is 3.35. The lowest BCUT2D eigenvalue weighted by Gasteiger charge is -2.36. The summed E-state index contributed by atoms with van der Waals surface area (Å²) < 4.78 is 50.5. The molecule has 4 aromatic rings. The molecule has 3 heterocycles. The van der Waals surface area contributed by atoms with Gasteiger partial charge in [0.15, 0.2) is 0 Å². The molecule has 8 nitrogen and oxygen atoms in total. The van der Waals surface area contributed by atoms with Crippen LogP contribution in [0.2, 0.25) is 0 Å². The molecule has 12 heteroatoms. The number of alkyl halides is 3. The van der Waals surface area contributed by atoms with Crippen molar-refractivity contribution in [1.29, 1.82) is 0 Å². The van der Waals surface area contributed by atoms with E-state index in [0.717, 1.165) is 22.9 Å². The van der Waals surface area contributed by atoms with Crippen LogP contribution < -0.4 is 4.90 Å². The van der Waals surface area contributed by atoms with Gasteiger partial charge in [-0.2, -0.15) is 24.9 Å². The van der Waals surface area contributed by atoms with Gasteiger partial charge in [-0.05, 0) is 53.1 Å². The van der Waals surface area contributed by atoms with Crippen LogP contribution in [0.1, 0.15) is 16.8 Å². The van der Waals surface area contributed by atoms with Crippen LogP contribution in [0.5, 0.6) is 0 Å². The van der Waals surface area contributed by atoms with Crippen molar-refractivity contribution in [1.82, 2.24) is 20.2 Å². The lowest BCUT2D eigenvalue weighted by molar-refractivity contribution is -0.140. The SMILES string of the molecule is Cc1ccc2nc(C(F)(F)F)cc(N3CCN(C(=O)OCCSCc4ccc5nonc5c4)CC3)c2c1. The van der Waals surface area contributed by atoms with Crippen molar-refractivity contribution < 1.29 is 27.3 Å². The molecule has 0 aliphatic carbocycles. The number of carbonyl (C=O) groups excluding carboxylic acids is 1. The van der Waals surface area contributed by atoms with Crippen molar-refractivity contribution in [2.45, 2.75) is 18.9 Å². The van der Waals surface area contributed by atoms with Gasteiger partial charge in [0.2, 0.25) is 0 Å². The first kappa shape index (κ1) is 25.1. The number of aromatic nitrogens is 3. The van der Waals surface area contributed by atoms with E-state index in [1.807, 2.05) is 36.1 Å². The molecule has 0 unspecified atom stereocenters. The normalized spacial score (nSPS) is 14.5. The molecule has 0 bridgehead atoms. The van der Waals surface area contributed by atoms with Gasteiger partial charge in [0, 0.05) is 48.8 Å². The van der Waals surface area contributed by atoms with Gasteiger partial charge in [-0.3, -0.25) is 0 Å². The molecule has 194 valence electrons. The van der Waals surface area contributed by atoms with Crippen molar-refractivity contribution in [3.63, 3.8) is 0 Å². The second-order valence-electron chi connectivity index (χ2n) is 8.77. The van der Waals surface area contributed by atoms with E-state index in [1.54, 1.807) is 28.8 Å². The number of ether oxygens (including phenoxy) is 1. The maximum absolute atomic E-state index is 13.5. The Kier molecular flexibility index (Phi) is 7.09. The smallest absolute Gasteiger partial charge is 0.433 e. The number of aryl methyl sites for hydroxylation is 1. The first-order chi connectivity index (χ1) is 17.8. The predicted octanol–water partition coefficient (Wildman–Crippen LogP) is 5.29. The van der Waals surface area contributed by atoms with Crippen molar-refractivity contribution in [2.24, 2.45) is 0 Å². The van der Waals surface area contributed by atoms with Gasteiger partial charge in [-0.25, -0.2) is 14.4 Å². The molecule has 1 amide bonds. The van der Waals surface area contributed by atoms with Crippen molar-refractivity contribution in [3.05, 3.63) is 59.3 Å². The van der Waals surface area contributed by atoms with Crippen LogP contribution >= 0.6 is 11.8 Å². The summed E-state index contributed by atoms with van der Waals surface area (Å²) in [6.07, 6.45) is -4.96. The average molecular weight is 532 g/mol. The lowest BCUT2D eigenvalue weighted by Crippen LogP contribution is -2.49. The largest absolute Gasteiger partial charge is 0.449 e. The van der Waals surface area contributed by atoms with Gasteiger partial charge >= 0.3 is 12.3 Å². The Labute approximate surface area is 214 Å². The Morgan fingerprint density at radius 2 is 1.78 bits per heavy atom. The van der Waals surface area contributed by atoms with Crippen molar-refractivity contribution in [3.8, 4) is 0 Å². The van der Waals surface area contributed by atoms with E-state index in [4.69, 9.17) is 9.37 Å². The summed E-state index contributed by atoms with van der Waals surface area (Å²) in [6, 6.07) is 12.0. The Balaban J connectivity index is 1.13. The first-order valence-electron chi connectivity index (χ1n) is 11.7. The summed E-state index contributed by atoms with van der Waals surface area (Å²) in [7, 11) is 0. The fourth-order valence-corrected chi connectivity index (χ4v) is 5.01. The highest BCUT2D eigenvalue weighted by Gasteiger charge is 2.34. The molecule has 0 saturated carbocycles. The number of nitrogens with zero attached hydrogens (tertiary/aromatic N) is 5. The van der Waals surface area contributed by atoms with E-state index in [-0.39, 0.29) is 6.61 Å². The van der Waals surface area contributed by atoms with Gasteiger partial charge in [0.05, 0.1) is 5.52 Å². The lowest BCUT2D eigenvalue weighted by atomic mass is 10.1. The fourth-order valence-electron chi connectivity index (χ4n) is 4.25. The maximum atomic E-state index is 13.5. The molecule has 2 aromatic carbocycles. The standard InChI is InChI=1S/C25H24F3N5O3S/c1-16-2-4-19-18(12-16)22(14-23(29-19)25(26,27)28)32-6-8-33(9-7-32)24(34)35-10-11-37-15-17-3-5-20-21(13-17)31-36-30-20/h2-5,12-14H,6-11,15H2,1H3. The molecule has 37 heavy (non-hydrogen) atoms. The minimum atomic E-state index is -4.54. The number of hydrogen-bond acceptors (Lipinski definition) is 8. The Morgan fingerprint density at radius 3 is 2.57 bits per heavy atom. The molecule has 2 aromatic heterocycles. The van der Waals surface area contributed by atoms with Crippen LogP contribution in [-0.2, 0) is 16.7 Å². The van der Waals surface area contributed by atoms with Crippen LogP contribution in [0.25, 0.3) is 21.9 Å². The van der Waals surface area contributed by atoms with Crippen LogP contribution in [0, 0.1) is 6.92 Å². The molecular weight excluding hydrogens is 507 g/mol. The highest BCUT2D eigenvalue weighted by molar-refractivity contribution is 7.98. The number of hydrogen-bond donors (Lipinski definition) is 0. The molecule has 0 N–H and O–H groups in total. The molecule has 0 atom stereocenters. The van der Waals surface area contributed by atoms with Crippen molar-refractivity contribution in [2.75, 3.05) is 43.4 Å². The number of fused-ring (bicyclic) bond motifs is 2. The Hall–Kier alpha value is -3.54. The molecule has 1 aliphatic heterocycles. The fraction of sp³-hybridized carbons (Fsp3) is 0.360. The summed E-state index contributed by atoms with van der Waals surface area (Å²) >= 11 is 1.63. The first-order valence-corrected chi connectivity index (χ1v) is 12.9. The van der Waals surface area contributed by atoms with Gasteiger partial charge in [-0.1, -0.05) is 17.7 Å². The highest BCUT2D eigenvalue weighted by atomic mass is 32.2.